The first-order chi connectivity index (χ1) is 12.2. The summed E-state index contributed by atoms with van der Waals surface area (Å²) in [5.41, 5.74) is -0.962. The number of thioether (sulfide) groups is 1. The van der Waals surface area contributed by atoms with Crippen molar-refractivity contribution in [1.29, 1.82) is 0 Å². The highest BCUT2D eigenvalue weighted by atomic mass is 35.5. The van der Waals surface area contributed by atoms with Gasteiger partial charge in [-0.15, -0.1) is 0 Å². The van der Waals surface area contributed by atoms with Crippen molar-refractivity contribution >= 4 is 35.3 Å². The second kappa shape index (κ2) is 8.94. The molecule has 0 spiro atoms. The Morgan fingerprint density at radius 1 is 1.31 bits per heavy atom. The van der Waals surface area contributed by atoms with E-state index < -0.39 is 28.9 Å². The maximum absolute atomic E-state index is 12.6. The van der Waals surface area contributed by atoms with Gasteiger partial charge in [0.15, 0.2) is 0 Å². The van der Waals surface area contributed by atoms with Crippen LogP contribution in [-0.4, -0.2) is 28.2 Å². The normalized spacial score (nSPS) is 16.8. The third kappa shape index (κ3) is 6.05. The van der Waals surface area contributed by atoms with E-state index in [1.165, 1.54) is 6.92 Å². The van der Waals surface area contributed by atoms with Crippen LogP contribution in [0.1, 0.15) is 44.6 Å². The maximum atomic E-state index is 12.6. The molecule has 1 fully saturated rings. The zero-order valence-electron chi connectivity index (χ0n) is 14.0. The lowest BCUT2D eigenvalue weighted by atomic mass is 9.96. The number of aromatic nitrogens is 1. The number of halogens is 4. The third-order valence-corrected chi connectivity index (χ3v) is 5.49. The molecular formula is C16H19ClF3N3O2S. The molecule has 1 heterocycles. The van der Waals surface area contributed by atoms with Crippen molar-refractivity contribution in [3.8, 4) is 0 Å². The van der Waals surface area contributed by atoms with Gasteiger partial charge in [0.2, 0.25) is 5.91 Å². The van der Waals surface area contributed by atoms with Crippen LogP contribution in [0.5, 0.6) is 0 Å². The molecule has 1 atom stereocenters. The number of rotatable bonds is 4. The van der Waals surface area contributed by atoms with Crippen molar-refractivity contribution in [3.63, 3.8) is 0 Å². The Bertz CT molecular complexity index is 667. The molecular weight excluding hydrogens is 391 g/mol. The highest BCUT2D eigenvalue weighted by Gasteiger charge is 2.32. The fraction of sp³-hybridized carbons (Fsp3) is 0.562. The summed E-state index contributed by atoms with van der Waals surface area (Å²) < 4.78 is 37.8. The molecule has 144 valence electrons. The van der Waals surface area contributed by atoms with Crippen LogP contribution in [0.4, 0.5) is 18.0 Å². The number of hydrogen-bond acceptors (Lipinski definition) is 4. The van der Waals surface area contributed by atoms with Gasteiger partial charge in [0.25, 0.3) is 0 Å². The predicted molar refractivity (Wildman–Crippen MR) is 93.1 cm³/mol. The van der Waals surface area contributed by atoms with Crippen LogP contribution in [0, 0.1) is 0 Å². The molecule has 2 rings (SSSR count). The van der Waals surface area contributed by atoms with Crippen LogP contribution in [0.15, 0.2) is 17.3 Å². The first kappa shape index (κ1) is 20.8. The summed E-state index contributed by atoms with van der Waals surface area (Å²) in [5.74, 6) is -0.568. The van der Waals surface area contributed by atoms with Gasteiger partial charge in [-0.05, 0) is 25.8 Å². The number of carbonyl (C=O) groups excluding carboxylic acids is 2. The quantitative estimate of drug-likeness (QED) is 0.723. The summed E-state index contributed by atoms with van der Waals surface area (Å²) in [5, 5.41) is 4.14. The number of carbonyl (C=O) groups is 2. The largest absolute Gasteiger partial charge is 0.417 e. The number of amides is 3. The fourth-order valence-corrected chi connectivity index (χ4v) is 3.66. The number of urea groups is 1. The van der Waals surface area contributed by atoms with Crippen LogP contribution in [0.2, 0.25) is 5.02 Å². The van der Waals surface area contributed by atoms with E-state index in [-0.39, 0.29) is 16.1 Å². The van der Waals surface area contributed by atoms with E-state index in [2.05, 4.69) is 15.6 Å². The van der Waals surface area contributed by atoms with E-state index >= 15 is 0 Å². The lowest BCUT2D eigenvalue weighted by molar-refractivity contribution is -0.137. The van der Waals surface area contributed by atoms with Gasteiger partial charge in [-0.3, -0.25) is 10.1 Å². The van der Waals surface area contributed by atoms with Crippen LogP contribution >= 0.6 is 23.4 Å². The predicted octanol–water partition coefficient (Wildman–Crippen LogP) is 4.39. The van der Waals surface area contributed by atoms with Crippen molar-refractivity contribution in [2.45, 2.75) is 61.5 Å². The van der Waals surface area contributed by atoms with Gasteiger partial charge >= 0.3 is 12.2 Å². The molecule has 1 saturated carbocycles. The van der Waals surface area contributed by atoms with Crippen LogP contribution < -0.4 is 10.6 Å². The molecule has 0 aliphatic heterocycles. The Balaban J connectivity index is 1.89. The Kier molecular flexibility index (Phi) is 7.16. The fourth-order valence-electron chi connectivity index (χ4n) is 2.57. The van der Waals surface area contributed by atoms with Gasteiger partial charge < -0.3 is 5.32 Å². The summed E-state index contributed by atoms with van der Waals surface area (Å²) in [4.78, 5) is 27.6. The molecule has 0 radical (unpaired) electrons. The molecule has 1 aromatic heterocycles. The summed E-state index contributed by atoms with van der Waals surface area (Å²) >= 11 is 6.71. The zero-order valence-corrected chi connectivity index (χ0v) is 15.6. The van der Waals surface area contributed by atoms with Gasteiger partial charge in [-0.25, -0.2) is 9.78 Å². The molecule has 0 unspecified atom stereocenters. The van der Waals surface area contributed by atoms with E-state index in [0.717, 1.165) is 49.9 Å². The lowest BCUT2D eigenvalue weighted by Crippen LogP contribution is -2.47. The molecule has 5 nitrogen and oxygen atoms in total. The van der Waals surface area contributed by atoms with Gasteiger partial charge in [0.1, 0.15) is 5.03 Å². The minimum atomic E-state index is -4.54. The van der Waals surface area contributed by atoms with E-state index in [9.17, 15) is 22.8 Å². The van der Waals surface area contributed by atoms with Crippen LogP contribution in [0.25, 0.3) is 0 Å². The minimum Gasteiger partial charge on any atom is -0.335 e. The van der Waals surface area contributed by atoms with Gasteiger partial charge in [-0.2, -0.15) is 13.2 Å². The second-order valence-electron chi connectivity index (χ2n) is 6.07. The lowest BCUT2D eigenvalue weighted by Gasteiger charge is -2.23. The summed E-state index contributed by atoms with van der Waals surface area (Å²) in [6.07, 6.45) is 1.13. The number of pyridine rings is 1. The average molecular weight is 410 g/mol. The van der Waals surface area contributed by atoms with E-state index in [0.29, 0.717) is 6.20 Å². The molecule has 26 heavy (non-hydrogen) atoms. The smallest absolute Gasteiger partial charge is 0.335 e. The zero-order chi connectivity index (χ0) is 19.3. The minimum absolute atomic E-state index is 0.0607. The first-order valence-electron chi connectivity index (χ1n) is 8.17. The summed E-state index contributed by atoms with van der Waals surface area (Å²) in [7, 11) is 0. The summed E-state index contributed by atoms with van der Waals surface area (Å²) in [6.45, 7) is 1.52. The molecule has 0 aromatic carbocycles. The van der Waals surface area contributed by atoms with Crippen LogP contribution in [-0.2, 0) is 11.0 Å². The molecule has 1 aliphatic carbocycles. The van der Waals surface area contributed by atoms with Gasteiger partial charge in [0.05, 0.1) is 15.8 Å². The van der Waals surface area contributed by atoms with E-state index in [1.54, 1.807) is 0 Å². The number of nitrogens with zero attached hydrogens (tertiary/aromatic N) is 1. The highest BCUT2D eigenvalue weighted by Crippen LogP contribution is 2.34. The van der Waals surface area contributed by atoms with Crippen molar-refractivity contribution in [3.05, 3.63) is 22.8 Å². The Labute approximate surface area is 158 Å². The van der Waals surface area contributed by atoms with Crippen molar-refractivity contribution in [1.82, 2.24) is 15.6 Å². The van der Waals surface area contributed by atoms with Crippen molar-refractivity contribution in [2.75, 3.05) is 0 Å². The molecule has 3 amide bonds. The molecule has 10 heteroatoms. The molecule has 1 aromatic rings. The number of imide groups is 1. The van der Waals surface area contributed by atoms with E-state index in [1.807, 2.05) is 0 Å². The molecule has 0 bridgehead atoms. The first-order valence-corrected chi connectivity index (χ1v) is 9.43. The average Bonchev–Trinajstić information content (AvgIpc) is 2.56. The standard InChI is InChI=1S/C16H19ClF3N3O2S/c1-9(13(24)23-15(25)22-11-5-3-2-4-6-11)26-14-12(17)7-10(8-21-14)16(18,19)20/h7-9,11H,2-6H2,1H3,(H2,22,23,24,25)/t9-/m1/s1. The Morgan fingerprint density at radius 3 is 2.54 bits per heavy atom. The van der Waals surface area contributed by atoms with Gasteiger partial charge in [-0.1, -0.05) is 42.6 Å². The number of nitrogens with one attached hydrogen (secondary N) is 2. The maximum Gasteiger partial charge on any atom is 0.417 e. The monoisotopic (exact) mass is 409 g/mol. The highest BCUT2D eigenvalue weighted by molar-refractivity contribution is 8.00. The Morgan fingerprint density at radius 2 is 1.96 bits per heavy atom. The Hall–Kier alpha value is -1.48. The van der Waals surface area contributed by atoms with Crippen molar-refractivity contribution in [2.24, 2.45) is 0 Å². The van der Waals surface area contributed by atoms with Crippen molar-refractivity contribution < 1.29 is 22.8 Å². The SMILES string of the molecule is C[C@@H](Sc1ncc(C(F)(F)F)cc1Cl)C(=O)NC(=O)NC1CCCCC1. The second-order valence-corrected chi connectivity index (χ2v) is 7.80. The molecule has 0 saturated heterocycles. The number of alkyl halides is 3. The third-order valence-electron chi connectivity index (χ3n) is 3.97. The molecule has 2 N–H and O–H groups in total. The van der Waals surface area contributed by atoms with E-state index in [4.69, 9.17) is 11.6 Å². The summed E-state index contributed by atoms with van der Waals surface area (Å²) in [6, 6.07) is 0.253. The van der Waals surface area contributed by atoms with Crippen LogP contribution in [0.3, 0.4) is 0 Å². The topological polar surface area (TPSA) is 71.1 Å². The number of hydrogen-bond donors (Lipinski definition) is 2. The molecule has 1 aliphatic rings. The van der Waals surface area contributed by atoms with Gasteiger partial charge in [0, 0.05) is 12.2 Å².